The van der Waals surface area contributed by atoms with Crippen molar-refractivity contribution < 1.29 is 14.3 Å². The van der Waals surface area contributed by atoms with E-state index in [2.05, 4.69) is 57.6 Å². The Morgan fingerprint density at radius 2 is 1.71 bits per heavy atom. The highest BCUT2D eigenvalue weighted by molar-refractivity contribution is 6.39. The number of nitrogens with one attached hydrogen (secondary N) is 2. The normalized spacial score (nSPS) is 17.4. The van der Waals surface area contributed by atoms with Gasteiger partial charge in [0.15, 0.2) is 0 Å². The molecule has 8 heteroatoms. The summed E-state index contributed by atoms with van der Waals surface area (Å²) < 4.78 is 5.42. The number of ether oxygens (including phenoxy) is 1. The van der Waals surface area contributed by atoms with Crippen molar-refractivity contribution in [1.82, 2.24) is 15.1 Å². The zero-order valence-corrected chi connectivity index (χ0v) is 21.0. The molecule has 0 aliphatic carbocycles. The topological polar surface area (TPSA) is 77.1 Å². The van der Waals surface area contributed by atoms with Gasteiger partial charge in [-0.3, -0.25) is 14.5 Å². The van der Waals surface area contributed by atoms with Crippen LogP contribution in [0, 0.1) is 0 Å². The third-order valence-electron chi connectivity index (χ3n) is 6.90. The predicted octanol–water partition coefficient (Wildman–Crippen LogP) is 2.51. The first-order chi connectivity index (χ1) is 16.9. The van der Waals surface area contributed by atoms with E-state index >= 15 is 0 Å². The molecule has 0 bridgehead atoms. The number of benzene rings is 2. The molecule has 2 amide bonds. The molecule has 2 aromatic rings. The van der Waals surface area contributed by atoms with Crippen molar-refractivity contribution in [2.75, 3.05) is 70.2 Å². The lowest BCUT2D eigenvalue weighted by molar-refractivity contribution is -0.136. The van der Waals surface area contributed by atoms with Crippen molar-refractivity contribution in [1.29, 1.82) is 0 Å². The zero-order chi connectivity index (χ0) is 24.8. The zero-order valence-electron chi connectivity index (χ0n) is 21.0. The molecular weight excluding hydrogens is 442 g/mol. The highest BCUT2D eigenvalue weighted by atomic mass is 16.5. The van der Waals surface area contributed by atoms with Crippen LogP contribution in [0.25, 0.3) is 0 Å². The number of aryl methyl sites for hydroxylation is 1. The summed E-state index contributed by atoms with van der Waals surface area (Å²) >= 11 is 0. The van der Waals surface area contributed by atoms with E-state index in [9.17, 15) is 9.59 Å². The van der Waals surface area contributed by atoms with Crippen LogP contribution in [0.1, 0.15) is 30.5 Å². The average Bonchev–Trinajstić information content (AvgIpc) is 2.86. The maximum atomic E-state index is 12.7. The van der Waals surface area contributed by atoms with Gasteiger partial charge in [-0.1, -0.05) is 12.1 Å². The van der Waals surface area contributed by atoms with Crippen molar-refractivity contribution >= 4 is 23.2 Å². The van der Waals surface area contributed by atoms with Crippen LogP contribution in [0.2, 0.25) is 0 Å². The molecule has 2 aromatic carbocycles. The monoisotopic (exact) mass is 479 g/mol. The van der Waals surface area contributed by atoms with Gasteiger partial charge >= 0.3 is 11.8 Å². The summed E-state index contributed by atoms with van der Waals surface area (Å²) in [6.45, 7) is 7.76. The van der Waals surface area contributed by atoms with Gasteiger partial charge < -0.3 is 25.2 Å². The maximum absolute atomic E-state index is 12.7. The number of anilines is 2. The number of piperazine rings is 1. The minimum atomic E-state index is -0.668. The van der Waals surface area contributed by atoms with Crippen molar-refractivity contribution in [3.63, 3.8) is 0 Å². The molecule has 2 N–H and O–H groups in total. The minimum Gasteiger partial charge on any atom is -0.494 e. The molecule has 0 unspecified atom stereocenters. The Labute approximate surface area is 208 Å². The second kappa shape index (κ2) is 11.6. The van der Waals surface area contributed by atoms with Crippen LogP contribution in [-0.4, -0.2) is 81.6 Å². The Balaban J connectivity index is 1.43. The van der Waals surface area contributed by atoms with Crippen LogP contribution in [0.4, 0.5) is 11.4 Å². The van der Waals surface area contributed by atoms with Gasteiger partial charge in [0.2, 0.25) is 0 Å². The molecule has 1 fully saturated rings. The highest BCUT2D eigenvalue weighted by Gasteiger charge is 2.27. The molecule has 0 aromatic heterocycles. The second-order valence-corrected chi connectivity index (χ2v) is 9.39. The molecule has 1 atom stereocenters. The predicted molar refractivity (Wildman–Crippen MR) is 139 cm³/mol. The van der Waals surface area contributed by atoms with E-state index in [1.54, 1.807) is 24.3 Å². The summed E-state index contributed by atoms with van der Waals surface area (Å²) in [6.07, 6.45) is 2.22. The van der Waals surface area contributed by atoms with Gasteiger partial charge in [0.05, 0.1) is 12.6 Å². The van der Waals surface area contributed by atoms with Gasteiger partial charge in [-0.2, -0.15) is 0 Å². The van der Waals surface area contributed by atoms with Crippen LogP contribution >= 0.6 is 0 Å². The lowest BCUT2D eigenvalue weighted by Crippen LogP contribution is -2.49. The van der Waals surface area contributed by atoms with Gasteiger partial charge in [-0.25, -0.2) is 0 Å². The van der Waals surface area contributed by atoms with Crippen molar-refractivity contribution in [2.45, 2.75) is 25.8 Å². The lowest BCUT2D eigenvalue weighted by Gasteiger charge is -2.39. The van der Waals surface area contributed by atoms with Gasteiger partial charge in [-0.05, 0) is 68.3 Å². The first-order valence-electron chi connectivity index (χ1n) is 12.5. The summed E-state index contributed by atoms with van der Waals surface area (Å²) in [5.74, 6) is -0.574. The summed E-state index contributed by atoms with van der Waals surface area (Å²) in [6, 6.07) is 13.7. The van der Waals surface area contributed by atoms with Crippen LogP contribution in [0.15, 0.2) is 42.5 Å². The number of fused-ring (bicyclic) bond motifs is 1. The van der Waals surface area contributed by atoms with Crippen molar-refractivity contribution in [2.24, 2.45) is 0 Å². The van der Waals surface area contributed by atoms with Crippen LogP contribution in [-0.2, 0) is 16.0 Å². The lowest BCUT2D eigenvalue weighted by atomic mass is 9.95. The molecule has 0 spiro atoms. The number of rotatable bonds is 7. The molecule has 2 aliphatic heterocycles. The van der Waals surface area contributed by atoms with Crippen LogP contribution in [0.5, 0.6) is 5.75 Å². The van der Waals surface area contributed by atoms with E-state index < -0.39 is 11.8 Å². The Kier molecular flexibility index (Phi) is 8.25. The van der Waals surface area contributed by atoms with Gasteiger partial charge in [-0.15, -0.1) is 0 Å². The molecule has 0 radical (unpaired) electrons. The number of hydrogen-bond acceptors (Lipinski definition) is 6. The number of amides is 2. The summed E-state index contributed by atoms with van der Waals surface area (Å²) in [7, 11) is 4.27. The van der Waals surface area contributed by atoms with Crippen LogP contribution < -0.4 is 20.3 Å². The van der Waals surface area contributed by atoms with Gasteiger partial charge in [0.1, 0.15) is 5.75 Å². The first-order valence-corrected chi connectivity index (χ1v) is 12.5. The second-order valence-electron chi connectivity index (χ2n) is 9.39. The molecule has 188 valence electrons. The van der Waals surface area contributed by atoms with E-state index in [1.807, 2.05) is 6.92 Å². The summed E-state index contributed by atoms with van der Waals surface area (Å²) in [5.41, 5.74) is 4.39. The SMILES string of the molecule is CCOc1ccc(NC(=O)C(=O)NC[C@@H](c2ccc3c(c2)CCCN3C)N2CCN(C)CC2)cc1. The minimum absolute atomic E-state index is 0.0171. The summed E-state index contributed by atoms with van der Waals surface area (Å²) in [4.78, 5) is 32.3. The van der Waals surface area contributed by atoms with E-state index in [0.717, 1.165) is 51.3 Å². The number of hydrogen-bond donors (Lipinski definition) is 2. The quantitative estimate of drug-likeness (QED) is 0.595. The Hall–Kier alpha value is -3.10. The summed E-state index contributed by atoms with van der Waals surface area (Å²) in [5, 5.41) is 5.56. The third-order valence-corrected chi connectivity index (χ3v) is 6.90. The largest absolute Gasteiger partial charge is 0.494 e. The van der Waals surface area contributed by atoms with E-state index in [0.29, 0.717) is 18.8 Å². The maximum Gasteiger partial charge on any atom is 0.313 e. The van der Waals surface area contributed by atoms with Crippen molar-refractivity contribution in [3.05, 3.63) is 53.6 Å². The fraction of sp³-hybridized carbons (Fsp3) is 0.481. The molecule has 35 heavy (non-hydrogen) atoms. The molecular formula is C27H37N5O3. The van der Waals surface area contributed by atoms with Gasteiger partial charge in [0.25, 0.3) is 0 Å². The molecule has 0 saturated carbocycles. The first kappa shape index (κ1) is 25.0. The molecule has 2 aliphatic rings. The fourth-order valence-electron chi connectivity index (χ4n) is 4.86. The number of likely N-dealkylation sites (N-methyl/N-ethyl adjacent to an activating group) is 1. The number of nitrogens with zero attached hydrogens (tertiary/aromatic N) is 3. The van der Waals surface area contributed by atoms with Crippen molar-refractivity contribution in [3.8, 4) is 5.75 Å². The number of carbonyl (C=O) groups is 2. The fourth-order valence-corrected chi connectivity index (χ4v) is 4.86. The number of carbonyl (C=O) groups excluding carboxylic acids is 2. The average molecular weight is 480 g/mol. The molecule has 1 saturated heterocycles. The highest BCUT2D eigenvalue weighted by Crippen LogP contribution is 2.31. The van der Waals surface area contributed by atoms with Gasteiger partial charge in [0, 0.05) is 57.7 Å². The van der Waals surface area contributed by atoms with E-state index in [1.165, 1.54) is 16.8 Å². The Morgan fingerprint density at radius 1 is 0.971 bits per heavy atom. The van der Waals surface area contributed by atoms with E-state index in [-0.39, 0.29) is 6.04 Å². The Bertz CT molecular complexity index is 1020. The standard InChI is InChI=1S/C27H37N5O3/c1-4-35-23-10-8-22(9-11-23)29-27(34)26(33)28-19-25(32-16-14-30(2)15-17-32)21-7-12-24-20(18-21)6-5-13-31(24)3/h7-12,18,25H,4-6,13-17,19H2,1-3H3,(H,28,33)(H,29,34)/t25-/m0/s1. The van der Waals surface area contributed by atoms with Crippen LogP contribution in [0.3, 0.4) is 0 Å². The molecule has 4 rings (SSSR count). The molecule has 2 heterocycles. The van der Waals surface area contributed by atoms with E-state index in [4.69, 9.17) is 4.74 Å². The Morgan fingerprint density at radius 3 is 2.43 bits per heavy atom. The smallest absolute Gasteiger partial charge is 0.313 e. The third kappa shape index (κ3) is 6.32. The molecule has 8 nitrogen and oxygen atoms in total.